The predicted molar refractivity (Wildman–Crippen MR) is 87.4 cm³/mol. The quantitative estimate of drug-likeness (QED) is 0.899. The van der Waals surface area contributed by atoms with E-state index in [1.807, 2.05) is 0 Å². The number of carboxylic acid groups (broad SMARTS) is 1. The van der Waals surface area contributed by atoms with Gasteiger partial charge in [-0.15, -0.1) is 0 Å². The van der Waals surface area contributed by atoms with Crippen molar-refractivity contribution in [3.8, 4) is 0 Å². The van der Waals surface area contributed by atoms with Gasteiger partial charge in [0.15, 0.2) is 0 Å². The third kappa shape index (κ3) is 3.19. The zero-order valence-electron chi connectivity index (χ0n) is 13.5. The van der Waals surface area contributed by atoms with E-state index in [2.05, 4.69) is 36.5 Å². The maximum atomic E-state index is 12.3. The Bertz CT molecular complexity index is 616. The van der Waals surface area contributed by atoms with Gasteiger partial charge in [-0.05, 0) is 36.8 Å². The molecule has 0 radical (unpaired) electrons. The molecule has 2 atom stereocenters. The number of urea groups is 1. The molecule has 3 rings (SSSR count). The Balaban J connectivity index is 1.62. The molecule has 1 aliphatic heterocycles. The number of carbonyl (C=O) groups excluding carboxylic acids is 1. The number of hydrogen-bond acceptors (Lipinski definition) is 2. The highest BCUT2D eigenvalue weighted by Gasteiger charge is 2.34. The number of nitrogens with one attached hydrogen (secondary N) is 1. The fraction of sp³-hybridized carbons (Fsp3) is 0.556. The molecule has 1 aliphatic carbocycles. The zero-order chi connectivity index (χ0) is 16.4. The summed E-state index contributed by atoms with van der Waals surface area (Å²) >= 11 is 0. The summed E-state index contributed by atoms with van der Waals surface area (Å²) in [5, 5.41) is 12.1. The monoisotopic (exact) mass is 316 g/mol. The van der Waals surface area contributed by atoms with Gasteiger partial charge in [-0.2, -0.15) is 0 Å². The molecule has 2 aliphatic rings. The number of aliphatic carboxylic acids is 1. The fourth-order valence-electron chi connectivity index (χ4n) is 3.84. The Hall–Kier alpha value is -2.04. The summed E-state index contributed by atoms with van der Waals surface area (Å²) < 4.78 is 0. The van der Waals surface area contributed by atoms with Crippen LogP contribution in [0.15, 0.2) is 24.3 Å². The number of hydrogen-bond donors (Lipinski definition) is 2. The molecule has 2 amide bonds. The summed E-state index contributed by atoms with van der Waals surface area (Å²) in [6.07, 6.45) is 3.84. The first kappa shape index (κ1) is 15.8. The maximum absolute atomic E-state index is 12.3. The number of benzene rings is 1. The second-order valence-corrected chi connectivity index (χ2v) is 7.00. The number of rotatable bonds is 3. The van der Waals surface area contributed by atoms with Crippen molar-refractivity contribution < 1.29 is 14.7 Å². The molecule has 2 unspecified atom stereocenters. The van der Waals surface area contributed by atoms with Gasteiger partial charge in [0.05, 0.1) is 5.92 Å². The Morgan fingerprint density at radius 1 is 1.39 bits per heavy atom. The lowest BCUT2D eigenvalue weighted by Crippen LogP contribution is -2.46. The van der Waals surface area contributed by atoms with Crippen LogP contribution in [0, 0.1) is 5.92 Å². The zero-order valence-corrected chi connectivity index (χ0v) is 13.5. The van der Waals surface area contributed by atoms with Crippen LogP contribution in [0.2, 0.25) is 0 Å². The van der Waals surface area contributed by atoms with Crippen LogP contribution < -0.4 is 5.32 Å². The number of carboxylic acids is 1. The maximum Gasteiger partial charge on any atom is 0.317 e. The van der Waals surface area contributed by atoms with Gasteiger partial charge in [-0.1, -0.05) is 31.2 Å². The van der Waals surface area contributed by atoms with Crippen molar-refractivity contribution in [1.29, 1.82) is 0 Å². The van der Waals surface area contributed by atoms with Crippen LogP contribution in [0.1, 0.15) is 37.3 Å². The van der Waals surface area contributed by atoms with Crippen LogP contribution in [-0.4, -0.2) is 41.6 Å². The van der Waals surface area contributed by atoms with E-state index in [1.54, 1.807) is 4.90 Å². The van der Waals surface area contributed by atoms with Crippen molar-refractivity contribution in [2.45, 2.75) is 38.0 Å². The number of aryl methyl sites for hydroxylation is 1. The number of amides is 2. The van der Waals surface area contributed by atoms with Crippen LogP contribution in [0.4, 0.5) is 4.79 Å². The number of carbonyl (C=O) groups is 2. The largest absolute Gasteiger partial charge is 0.481 e. The summed E-state index contributed by atoms with van der Waals surface area (Å²) in [7, 11) is 0. The Morgan fingerprint density at radius 3 is 2.91 bits per heavy atom. The van der Waals surface area contributed by atoms with Crippen molar-refractivity contribution in [1.82, 2.24) is 10.2 Å². The summed E-state index contributed by atoms with van der Waals surface area (Å²) in [5.41, 5.74) is 2.66. The molecule has 1 heterocycles. The molecule has 23 heavy (non-hydrogen) atoms. The number of fused-ring (bicyclic) bond motifs is 1. The molecule has 0 bridgehead atoms. The Morgan fingerprint density at radius 2 is 2.17 bits per heavy atom. The van der Waals surface area contributed by atoms with Gasteiger partial charge in [0.25, 0.3) is 0 Å². The van der Waals surface area contributed by atoms with Crippen molar-refractivity contribution in [2.75, 3.05) is 19.6 Å². The topological polar surface area (TPSA) is 69.6 Å². The molecular formula is C18H24N2O3. The molecule has 0 aromatic heterocycles. The van der Waals surface area contributed by atoms with E-state index in [0.29, 0.717) is 26.1 Å². The summed E-state index contributed by atoms with van der Waals surface area (Å²) in [5.74, 6) is -1.24. The first-order chi connectivity index (χ1) is 11.0. The Labute approximate surface area is 136 Å². The molecule has 1 saturated heterocycles. The van der Waals surface area contributed by atoms with Crippen LogP contribution in [0.25, 0.3) is 0 Å². The minimum atomic E-state index is -0.812. The molecule has 5 heteroatoms. The van der Waals surface area contributed by atoms with Crippen LogP contribution in [-0.2, 0) is 16.6 Å². The van der Waals surface area contributed by atoms with Gasteiger partial charge in [-0.3, -0.25) is 4.79 Å². The summed E-state index contributed by atoms with van der Waals surface area (Å²) in [6, 6.07) is 8.32. The van der Waals surface area contributed by atoms with E-state index in [0.717, 1.165) is 19.3 Å². The van der Waals surface area contributed by atoms with Crippen molar-refractivity contribution >= 4 is 12.0 Å². The average molecular weight is 316 g/mol. The van der Waals surface area contributed by atoms with Crippen molar-refractivity contribution in [3.05, 3.63) is 35.4 Å². The van der Waals surface area contributed by atoms with Gasteiger partial charge < -0.3 is 15.3 Å². The lowest BCUT2D eigenvalue weighted by atomic mass is 9.71. The molecule has 1 fully saturated rings. The van der Waals surface area contributed by atoms with Crippen molar-refractivity contribution in [2.24, 2.45) is 5.92 Å². The van der Waals surface area contributed by atoms with Gasteiger partial charge in [0.2, 0.25) is 0 Å². The van der Waals surface area contributed by atoms with E-state index < -0.39 is 11.9 Å². The Kier molecular flexibility index (Phi) is 4.28. The first-order valence-electron chi connectivity index (χ1n) is 8.33. The van der Waals surface area contributed by atoms with Crippen LogP contribution in [0.5, 0.6) is 0 Å². The molecule has 0 saturated carbocycles. The van der Waals surface area contributed by atoms with Crippen LogP contribution >= 0.6 is 0 Å². The molecule has 0 spiro atoms. The third-order valence-electron chi connectivity index (χ3n) is 5.30. The second-order valence-electron chi connectivity index (χ2n) is 7.00. The summed E-state index contributed by atoms with van der Waals surface area (Å²) in [4.78, 5) is 25.0. The smallest absolute Gasteiger partial charge is 0.317 e. The molecule has 2 N–H and O–H groups in total. The average Bonchev–Trinajstić information content (AvgIpc) is 3.04. The third-order valence-corrected chi connectivity index (χ3v) is 5.30. The summed E-state index contributed by atoms with van der Waals surface area (Å²) in [6.45, 7) is 3.64. The molecule has 5 nitrogen and oxygen atoms in total. The minimum Gasteiger partial charge on any atom is -0.481 e. The predicted octanol–water partition coefficient (Wildman–Crippen LogP) is 2.40. The van der Waals surface area contributed by atoms with Gasteiger partial charge in [0, 0.05) is 25.0 Å². The SMILES string of the molecule is CC1(CNC(=O)N2CCC(C(=O)O)C2)CCCc2ccccc21. The van der Waals surface area contributed by atoms with E-state index in [1.165, 1.54) is 11.1 Å². The molecule has 1 aromatic carbocycles. The van der Waals surface area contributed by atoms with Gasteiger partial charge in [-0.25, -0.2) is 4.79 Å². The van der Waals surface area contributed by atoms with E-state index in [9.17, 15) is 9.59 Å². The van der Waals surface area contributed by atoms with Gasteiger partial charge >= 0.3 is 12.0 Å². The second kappa shape index (κ2) is 6.22. The number of likely N-dealkylation sites (tertiary alicyclic amines) is 1. The minimum absolute atomic E-state index is 0.0452. The molecular weight excluding hydrogens is 292 g/mol. The normalized spacial score (nSPS) is 26.7. The van der Waals surface area contributed by atoms with Crippen LogP contribution in [0.3, 0.4) is 0 Å². The lowest BCUT2D eigenvalue weighted by Gasteiger charge is -2.36. The lowest BCUT2D eigenvalue weighted by molar-refractivity contribution is -0.141. The van der Waals surface area contributed by atoms with E-state index in [4.69, 9.17) is 5.11 Å². The van der Waals surface area contributed by atoms with Crippen molar-refractivity contribution in [3.63, 3.8) is 0 Å². The highest BCUT2D eigenvalue weighted by Crippen LogP contribution is 2.36. The molecule has 124 valence electrons. The highest BCUT2D eigenvalue weighted by molar-refractivity contribution is 5.77. The standard InChI is InChI=1S/C18H24N2O3/c1-18(9-4-6-13-5-2-3-7-15(13)18)12-19-17(23)20-10-8-14(11-20)16(21)22/h2-3,5,7,14H,4,6,8-12H2,1H3,(H,19,23)(H,21,22). The fourth-order valence-corrected chi connectivity index (χ4v) is 3.84. The first-order valence-corrected chi connectivity index (χ1v) is 8.33. The van der Waals surface area contributed by atoms with E-state index >= 15 is 0 Å². The molecule has 1 aromatic rings. The highest BCUT2D eigenvalue weighted by atomic mass is 16.4. The van der Waals surface area contributed by atoms with E-state index in [-0.39, 0.29) is 11.4 Å². The van der Waals surface area contributed by atoms with Gasteiger partial charge in [0.1, 0.15) is 0 Å². The number of nitrogens with zero attached hydrogens (tertiary/aromatic N) is 1.